The summed E-state index contributed by atoms with van der Waals surface area (Å²) in [6.45, 7) is 2.81. The van der Waals surface area contributed by atoms with E-state index in [1.54, 1.807) is 6.92 Å². The number of nitrogens with zero attached hydrogens (tertiary/aromatic N) is 1. The van der Waals surface area contributed by atoms with Gasteiger partial charge in [0, 0.05) is 5.56 Å². The van der Waals surface area contributed by atoms with E-state index in [0.717, 1.165) is 11.1 Å². The lowest BCUT2D eigenvalue weighted by atomic mass is 9.92. The van der Waals surface area contributed by atoms with Gasteiger partial charge in [0.2, 0.25) is 0 Å². The number of hydrogen-bond donors (Lipinski definition) is 1. The zero-order valence-electron chi connectivity index (χ0n) is 13.8. The Morgan fingerprint density at radius 3 is 2.60 bits per heavy atom. The molecule has 0 spiro atoms. The molecular formula is C19H18N2O4. The van der Waals surface area contributed by atoms with E-state index in [4.69, 9.17) is 9.47 Å². The van der Waals surface area contributed by atoms with E-state index in [1.807, 2.05) is 48.5 Å². The standard InChI is InChI=1S/C19H18N2O4/c1-19(14-7-3-2-4-8-14)17(22)21(18(23)20-19)12-13-6-5-9-15-16(13)25-11-10-24-15/h2-9H,10-12H2,1H3,(H,20,23)/t19-/m0/s1. The smallest absolute Gasteiger partial charge is 0.325 e. The van der Waals surface area contributed by atoms with Crippen LogP contribution in [-0.4, -0.2) is 30.1 Å². The maximum Gasteiger partial charge on any atom is 0.325 e. The number of rotatable bonds is 3. The van der Waals surface area contributed by atoms with Crippen molar-refractivity contribution in [3.63, 3.8) is 0 Å². The van der Waals surface area contributed by atoms with Crippen LogP contribution in [0.15, 0.2) is 48.5 Å². The van der Waals surface area contributed by atoms with Crippen LogP contribution in [-0.2, 0) is 16.9 Å². The van der Waals surface area contributed by atoms with Gasteiger partial charge in [-0.15, -0.1) is 0 Å². The Balaban J connectivity index is 1.64. The van der Waals surface area contributed by atoms with Gasteiger partial charge in [-0.1, -0.05) is 42.5 Å². The van der Waals surface area contributed by atoms with Crippen LogP contribution in [0.3, 0.4) is 0 Å². The minimum absolute atomic E-state index is 0.139. The lowest BCUT2D eigenvalue weighted by Gasteiger charge is -2.24. The van der Waals surface area contributed by atoms with Gasteiger partial charge in [-0.2, -0.15) is 0 Å². The van der Waals surface area contributed by atoms with Crippen molar-refractivity contribution in [3.8, 4) is 11.5 Å². The number of urea groups is 1. The van der Waals surface area contributed by atoms with Crippen LogP contribution in [0.2, 0.25) is 0 Å². The first kappa shape index (κ1) is 15.5. The molecule has 1 N–H and O–H groups in total. The number of benzene rings is 2. The van der Waals surface area contributed by atoms with E-state index in [1.165, 1.54) is 4.90 Å². The van der Waals surface area contributed by atoms with E-state index >= 15 is 0 Å². The van der Waals surface area contributed by atoms with Gasteiger partial charge in [-0.3, -0.25) is 9.69 Å². The lowest BCUT2D eigenvalue weighted by Crippen LogP contribution is -2.40. The molecule has 0 saturated carbocycles. The first-order chi connectivity index (χ1) is 12.1. The van der Waals surface area contributed by atoms with E-state index in [0.29, 0.717) is 24.7 Å². The molecular weight excluding hydrogens is 320 g/mol. The molecule has 0 aliphatic carbocycles. The number of fused-ring (bicyclic) bond motifs is 1. The quantitative estimate of drug-likeness (QED) is 0.873. The number of nitrogens with one attached hydrogen (secondary N) is 1. The summed E-state index contributed by atoms with van der Waals surface area (Å²) in [5.74, 6) is 0.960. The number of hydrogen-bond acceptors (Lipinski definition) is 4. The van der Waals surface area contributed by atoms with Crippen molar-refractivity contribution in [3.05, 3.63) is 59.7 Å². The minimum Gasteiger partial charge on any atom is -0.486 e. The van der Waals surface area contributed by atoms with Crippen molar-refractivity contribution in [1.29, 1.82) is 0 Å². The molecule has 1 atom stereocenters. The minimum atomic E-state index is -1.06. The lowest BCUT2D eigenvalue weighted by molar-refractivity contribution is -0.131. The van der Waals surface area contributed by atoms with Crippen LogP contribution in [0.25, 0.3) is 0 Å². The fraction of sp³-hybridized carbons (Fsp3) is 0.263. The van der Waals surface area contributed by atoms with Crippen molar-refractivity contribution in [2.45, 2.75) is 19.0 Å². The zero-order valence-corrected chi connectivity index (χ0v) is 13.8. The number of ether oxygens (including phenoxy) is 2. The molecule has 2 aliphatic heterocycles. The highest BCUT2D eigenvalue weighted by Crippen LogP contribution is 2.36. The maximum atomic E-state index is 13.0. The maximum absolute atomic E-state index is 13.0. The van der Waals surface area contributed by atoms with Gasteiger partial charge in [0.25, 0.3) is 5.91 Å². The topological polar surface area (TPSA) is 67.9 Å². The van der Waals surface area contributed by atoms with Gasteiger partial charge in [0.05, 0.1) is 6.54 Å². The number of carbonyl (C=O) groups excluding carboxylic acids is 2. The Bertz CT molecular complexity index is 837. The van der Waals surface area contributed by atoms with Crippen molar-refractivity contribution in [1.82, 2.24) is 10.2 Å². The molecule has 0 aromatic heterocycles. The monoisotopic (exact) mass is 338 g/mol. The Kier molecular flexibility index (Phi) is 3.60. The van der Waals surface area contributed by atoms with Crippen LogP contribution >= 0.6 is 0 Å². The third-order valence-electron chi connectivity index (χ3n) is 4.60. The molecule has 2 aromatic carbocycles. The normalized spacial score (nSPS) is 22.0. The molecule has 6 nitrogen and oxygen atoms in total. The summed E-state index contributed by atoms with van der Waals surface area (Å²) in [6, 6.07) is 14.3. The third kappa shape index (κ3) is 2.50. The van der Waals surface area contributed by atoms with Gasteiger partial charge in [0.15, 0.2) is 11.5 Å². The molecule has 4 rings (SSSR count). The Labute approximate surface area is 145 Å². The molecule has 2 aliphatic rings. The summed E-state index contributed by atoms with van der Waals surface area (Å²) in [6.07, 6.45) is 0. The second-order valence-corrected chi connectivity index (χ2v) is 6.25. The fourth-order valence-corrected chi connectivity index (χ4v) is 3.24. The van der Waals surface area contributed by atoms with E-state index < -0.39 is 11.6 Å². The fourth-order valence-electron chi connectivity index (χ4n) is 3.24. The summed E-state index contributed by atoms with van der Waals surface area (Å²) in [5.41, 5.74) is 0.438. The second-order valence-electron chi connectivity index (χ2n) is 6.25. The molecule has 2 aromatic rings. The summed E-state index contributed by atoms with van der Waals surface area (Å²) in [4.78, 5) is 26.7. The van der Waals surface area contributed by atoms with Crippen molar-refractivity contribution >= 4 is 11.9 Å². The highest BCUT2D eigenvalue weighted by Gasteiger charge is 2.49. The molecule has 1 fully saturated rings. The van der Waals surface area contributed by atoms with E-state index in [9.17, 15) is 9.59 Å². The predicted octanol–water partition coefficient (Wildman–Crippen LogP) is 2.43. The largest absolute Gasteiger partial charge is 0.486 e. The molecule has 1 saturated heterocycles. The second kappa shape index (κ2) is 5.81. The van der Waals surface area contributed by atoms with Gasteiger partial charge in [-0.05, 0) is 18.6 Å². The Morgan fingerprint density at radius 1 is 1.04 bits per heavy atom. The summed E-state index contributed by atoms with van der Waals surface area (Å²) < 4.78 is 11.2. The van der Waals surface area contributed by atoms with Crippen molar-refractivity contribution in [2.24, 2.45) is 0 Å². The van der Waals surface area contributed by atoms with Crippen LogP contribution in [0, 0.1) is 0 Å². The van der Waals surface area contributed by atoms with Crippen LogP contribution in [0.5, 0.6) is 11.5 Å². The summed E-state index contributed by atoms with van der Waals surface area (Å²) >= 11 is 0. The SMILES string of the molecule is C[C@@]1(c2ccccc2)NC(=O)N(Cc2cccc3c2OCCO3)C1=O. The molecule has 0 bridgehead atoms. The Morgan fingerprint density at radius 2 is 1.80 bits per heavy atom. The molecule has 6 heteroatoms. The van der Waals surface area contributed by atoms with Crippen molar-refractivity contribution < 1.29 is 19.1 Å². The average Bonchev–Trinajstić information content (AvgIpc) is 2.87. The number of amides is 3. The molecule has 0 radical (unpaired) electrons. The molecule has 25 heavy (non-hydrogen) atoms. The average molecular weight is 338 g/mol. The number of imide groups is 1. The first-order valence-electron chi connectivity index (χ1n) is 8.17. The Hall–Kier alpha value is -3.02. The highest BCUT2D eigenvalue weighted by atomic mass is 16.6. The molecule has 3 amide bonds. The van der Waals surface area contributed by atoms with E-state index in [-0.39, 0.29) is 12.5 Å². The zero-order chi connectivity index (χ0) is 17.4. The van der Waals surface area contributed by atoms with E-state index in [2.05, 4.69) is 5.32 Å². The molecule has 128 valence electrons. The number of para-hydroxylation sites is 1. The summed E-state index contributed by atoms with van der Waals surface area (Å²) in [5, 5.41) is 2.81. The van der Waals surface area contributed by atoms with Crippen molar-refractivity contribution in [2.75, 3.05) is 13.2 Å². The van der Waals surface area contributed by atoms with Crippen LogP contribution < -0.4 is 14.8 Å². The number of carbonyl (C=O) groups is 2. The first-order valence-corrected chi connectivity index (χ1v) is 8.17. The molecule has 0 unspecified atom stereocenters. The van der Waals surface area contributed by atoms with Gasteiger partial charge in [0.1, 0.15) is 18.8 Å². The van der Waals surface area contributed by atoms with Gasteiger partial charge in [-0.25, -0.2) is 4.79 Å². The van der Waals surface area contributed by atoms with Gasteiger partial charge < -0.3 is 14.8 Å². The van der Waals surface area contributed by atoms with Gasteiger partial charge >= 0.3 is 6.03 Å². The van der Waals surface area contributed by atoms with Crippen LogP contribution in [0.1, 0.15) is 18.1 Å². The summed E-state index contributed by atoms with van der Waals surface area (Å²) in [7, 11) is 0. The molecule has 2 heterocycles. The highest BCUT2D eigenvalue weighted by molar-refractivity contribution is 6.07. The van der Waals surface area contributed by atoms with Crippen LogP contribution in [0.4, 0.5) is 4.79 Å². The predicted molar refractivity (Wildman–Crippen MR) is 90.3 cm³/mol. The third-order valence-corrected chi connectivity index (χ3v) is 4.60.